The van der Waals surface area contributed by atoms with Gasteiger partial charge in [0.15, 0.2) is 5.78 Å². The standard InChI is InChI=1S/C12H15FO3/c1-9(14)11-8-10(13)4-5-12(11)16-7-3-6-15-2/h4-5,8H,3,6-7H2,1-2H3. The summed E-state index contributed by atoms with van der Waals surface area (Å²) in [6.07, 6.45) is 0.727. The van der Waals surface area contributed by atoms with E-state index in [9.17, 15) is 9.18 Å². The summed E-state index contributed by atoms with van der Waals surface area (Å²) in [4.78, 5) is 11.2. The van der Waals surface area contributed by atoms with Crippen molar-refractivity contribution in [2.75, 3.05) is 20.3 Å². The average molecular weight is 226 g/mol. The molecule has 0 aliphatic heterocycles. The second-order valence-electron chi connectivity index (χ2n) is 3.39. The van der Waals surface area contributed by atoms with E-state index in [0.717, 1.165) is 6.42 Å². The highest BCUT2D eigenvalue weighted by molar-refractivity contribution is 5.96. The van der Waals surface area contributed by atoms with Crippen LogP contribution in [0.1, 0.15) is 23.7 Å². The lowest BCUT2D eigenvalue weighted by atomic mass is 10.1. The summed E-state index contributed by atoms with van der Waals surface area (Å²) in [5.74, 6) is -0.222. The molecule has 0 fully saturated rings. The Labute approximate surface area is 94.2 Å². The van der Waals surface area contributed by atoms with Gasteiger partial charge in [0.2, 0.25) is 0 Å². The summed E-state index contributed by atoms with van der Waals surface area (Å²) in [5.41, 5.74) is 0.275. The molecule has 0 atom stereocenters. The molecule has 0 aliphatic carbocycles. The van der Waals surface area contributed by atoms with Gasteiger partial charge in [0.25, 0.3) is 0 Å². The van der Waals surface area contributed by atoms with Crippen molar-refractivity contribution in [2.45, 2.75) is 13.3 Å². The van der Waals surface area contributed by atoms with Crippen LogP contribution < -0.4 is 4.74 Å². The Morgan fingerprint density at radius 3 is 2.75 bits per heavy atom. The van der Waals surface area contributed by atoms with Crippen LogP contribution in [0.2, 0.25) is 0 Å². The van der Waals surface area contributed by atoms with Crippen LogP contribution in [-0.4, -0.2) is 26.1 Å². The van der Waals surface area contributed by atoms with Crippen LogP contribution in [0.5, 0.6) is 5.75 Å². The van der Waals surface area contributed by atoms with E-state index >= 15 is 0 Å². The third kappa shape index (κ3) is 3.62. The molecule has 0 aromatic heterocycles. The van der Waals surface area contributed by atoms with Gasteiger partial charge in [0.05, 0.1) is 12.2 Å². The van der Waals surface area contributed by atoms with E-state index < -0.39 is 5.82 Å². The van der Waals surface area contributed by atoms with Gasteiger partial charge in [0.1, 0.15) is 11.6 Å². The number of rotatable bonds is 6. The fourth-order valence-corrected chi connectivity index (χ4v) is 1.29. The third-order valence-corrected chi connectivity index (χ3v) is 2.07. The van der Waals surface area contributed by atoms with Gasteiger partial charge in [-0.3, -0.25) is 4.79 Å². The molecule has 0 amide bonds. The van der Waals surface area contributed by atoms with Crippen LogP contribution in [0, 0.1) is 5.82 Å². The van der Waals surface area contributed by atoms with Crippen molar-refractivity contribution in [3.63, 3.8) is 0 Å². The van der Waals surface area contributed by atoms with E-state index in [2.05, 4.69) is 0 Å². The van der Waals surface area contributed by atoms with E-state index in [-0.39, 0.29) is 11.3 Å². The fourth-order valence-electron chi connectivity index (χ4n) is 1.29. The number of carbonyl (C=O) groups excluding carboxylic acids is 1. The molecule has 0 bridgehead atoms. The molecular weight excluding hydrogens is 211 g/mol. The highest BCUT2D eigenvalue weighted by Gasteiger charge is 2.09. The maximum Gasteiger partial charge on any atom is 0.163 e. The molecule has 0 radical (unpaired) electrons. The van der Waals surface area contributed by atoms with Crippen molar-refractivity contribution in [2.24, 2.45) is 0 Å². The van der Waals surface area contributed by atoms with E-state index in [4.69, 9.17) is 9.47 Å². The van der Waals surface area contributed by atoms with E-state index in [1.165, 1.54) is 25.1 Å². The van der Waals surface area contributed by atoms with Crippen LogP contribution in [0.3, 0.4) is 0 Å². The third-order valence-electron chi connectivity index (χ3n) is 2.07. The molecule has 0 saturated carbocycles. The number of hydrogen-bond donors (Lipinski definition) is 0. The summed E-state index contributed by atoms with van der Waals surface area (Å²) < 4.78 is 23.2. The molecule has 3 nitrogen and oxygen atoms in total. The number of ketones is 1. The van der Waals surface area contributed by atoms with Crippen molar-refractivity contribution < 1.29 is 18.7 Å². The Morgan fingerprint density at radius 1 is 1.38 bits per heavy atom. The highest BCUT2D eigenvalue weighted by atomic mass is 19.1. The lowest BCUT2D eigenvalue weighted by Crippen LogP contribution is -2.05. The Bertz CT molecular complexity index is 363. The fraction of sp³-hybridized carbons (Fsp3) is 0.417. The first-order chi connectivity index (χ1) is 7.65. The zero-order valence-corrected chi connectivity index (χ0v) is 9.46. The molecule has 0 aliphatic rings. The van der Waals surface area contributed by atoms with Gasteiger partial charge in [-0.05, 0) is 25.1 Å². The minimum Gasteiger partial charge on any atom is -0.493 e. The highest BCUT2D eigenvalue weighted by Crippen LogP contribution is 2.20. The zero-order chi connectivity index (χ0) is 12.0. The molecule has 0 spiro atoms. The number of hydrogen-bond acceptors (Lipinski definition) is 3. The van der Waals surface area contributed by atoms with E-state index in [0.29, 0.717) is 19.0 Å². The van der Waals surface area contributed by atoms with Gasteiger partial charge < -0.3 is 9.47 Å². The van der Waals surface area contributed by atoms with Gasteiger partial charge in [0, 0.05) is 20.1 Å². The summed E-state index contributed by atoms with van der Waals surface area (Å²) in [6, 6.07) is 3.94. The lowest BCUT2D eigenvalue weighted by Gasteiger charge is -2.09. The first kappa shape index (κ1) is 12.6. The first-order valence-corrected chi connectivity index (χ1v) is 5.07. The number of ether oxygens (including phenoxy) is 2. The predicted octanol–water partition coefficient (Wildman–Crippen LogP) is 2.44. The molecular formula is C12H15FO3. The summed E-state index contributed by atoms with van der Waals surface area (Å²) in [7, 11) is 1.61. The smallest absolute Gasteiger partial charge is 0.163 e. The van der Waals surface area contributed by atoms with E-state index in [1.807, 2.05) is 0 Å². The van der Waals surface area contributed by atoms with E-state index in [1.54, 1.807) is 7.11 Å². The second kappa shape index (κ2) is 6.23. The van der Waals surface area contributed by atoms with Crippen molar-refractivity contribution in [3.8, 4) is 5.75 Å². The maximum atomic E-state index is 12.9. The zero-order valence-electron chi connectivity index (χ0n) is 9.46. The van der Waals surface area contributed by atoms with Crippen LogP contribution in [0.4, 0.5) is 4.39 Å². The molecule has 0 N–H and O–H groups in total. The Kier molecular flexibility index (Phi) is 4.92. The van der Waals surface area contributed by atoms with Crippen molar-refractivity contribution in [1.82, 2.24) is 0 Å². The maximum absolute atomic E-state index is 12.9. The van der Waals surface area contributed by atoms with Crippen LogP contribution >= 0.6 is 0 Å². The molecule has 1 rings (SSSR count). The molecule has 1 aromatic carbocycles. The first-order valence-electron chi connectivity index (χ1n) is 5.07. The largest absolute Gasteiger partial charge is 0.493 e. The van der Waals surface area contributed by atoms with Gasteiger partial charge >= 0.3 is 0 Å². The quantitative estimate of drug-likeness (QED) is 0.552. The summed E-state index contributed by atoms with van der Waals surface area (Å²) in [6.45, 7) is 2.42. The van der Waals surface area contributed by atoms with Gasteiger partial charge in [-0.25, -0.2) is 4.39 Å². The number of methoxy groups -OCH3 is 1. The monoisotopic (exact) mass is 226 g/mol. The summed E-state index contributed by atoms with van der Waals surface area (Å²) in [5, 5.41) is 0. The molecule has 1 aromatic rings. The molecule has 0 unspecified atom stereocenters. The van der Waals surface area contributed by atoms with Crippen LogP contribution in [-0.2, 0) is 4.74 Å². The van der Waals surface area contributed by atoms with Crippen LogP contribution in [0.15, 0.2) is 18.2 Å². The number of carbonyl (C=O) groups is 1. The van der Waals surface area contributed by atoms with Crippen molar-refractivity contribution in [3.05, 3.63) is 29.6 Å². The molecule has 4 heteroatoms. The molecule has 88 valence electrons. The molecule has 16 heavy (non-hydrogen) atoms. The normalized spacial score (nSPS) is 10.2. The topological polar surface area (TPSA) is 35.5 Å². The average Bonchev–Trinajstić information content (AvgIpc) is 2.26. The summed E-state index contributed by atoms with van der Waals surface area (Å²) >= 11 is 0. The van der Waals surface area contributed by atoms with Gasteiger partial charge in [-0.15, -0.1) is 0 Å². The lowest BCUT2D eigenvalue weighted by molar-refractivity contribution is 0.101. The Balaban J connectivity index is 2.67. The van der Waals surface area contributed by atoms with Gasteiger partial charge in [-0.1, -0.05) is 0 Å². The van der Waals surface area contributed by atoms with Gasteiger partial charge in [-0.2, -0.15) is 0 Å². The molecule has 0 saturated heterocycles. The Hall–Kier alpha value is -1.42. The number of halogens is 1. The predicted molar refractivity (Wildman–Crippen MR) is 58.4 cm³/mol. The molecule has 0 heterocycles. The minimum atomic E-state index is -0.436. The van der Waals surface area contributed by atoms with Crippen LogP contribution in [0.25, 0.3) is 0 Å². The van der Waals surface area contributed by atoms with Crippen molar-refractivity contribution in [1.29, 1.82) is 0 Å². The SMILES string of the molecule is COCCCOc1ccc(F)cc1C(C)=O. The Morgan fingerprint density at radius 2 is 2.12 bits per heavy atom. The van der Waals surface area contributed by atoms with Crippen molar-refractivity contribution >= 4 is 5.78 Å². The minimum absolute atomic E-state index is 0.207. The number of benzene rings is 1. The number of Topliss-reactive ketones (excluding diaryl/α,β-unsaturated/α-hetero) is 1. The second-order valence-corrected chi connectivity index (χ2v) is 3.39.